The molecule has 17 heavy (non-hydrogen) atoms. The number of thiocarbonyl (C=S) groups is 1. The van der Waals surface area contributed by atoms with Gasteiger partial charge in [-0.3, -0.25) is 4.98 Å². The first-order valence-electron chi connectivity index (χ1n) is 5.75. The minimum atomic E-state index is 0.338. The maximum absolute atomic E-state index is 5.52. The summed E-state index contributed by atoms with van der Waals surface area (Å²) in [6.07, 6.45) is 3.95. The van der Waals surface area contributed by atoms with Crippen LogP contribution in [0.3, 0.4) is 0 Å². The average Bonchev–Trinajstić information content (AvgIpc) is 2.39. The number of nitrogens with zero attached hydrogens (tertiary/aromatic N) is 2. The maximum atomic E-state index is 5.52. The minimum absolute atomic E-state index is 0.338. The van der Waals surface area contributed by atoms with Crippen molar-refractivity contribution >= 4 is 22.9 Å². The summed E-state index contributed by atoms with van der Waals surface area (Å²) in [7, 11) is 2.09. The quantitative estimate of drug-likeness (QED) is 0.821. The molecular weight excluding hydrogens is 234 g/mol. The highest BCUT2D eigenvalue weighted by Crippen LogP contribution is 2.20. The van der Waals surface area contributed by atoms with Crippen molar-refractivity contribution in [3.63, 3.8) is 0 Å². The lowest BCUT2D eigenvalue weighted by Crippen LogP contribution is -2.36. The summed E-state index contributed by atoms with van der Waals surface area (Å²) >= 11 is 4.88. The zero-order valence-corrected chi connectivity index (χ0v) is 10.7. The molecule has 0 radical (unpaired) electrons. The second kappa shape index (κ2) is 5.42. The third kappa shape index (κ3) is 2.92. The molecule has 2 heterocycles. The Kier molecular flexibility index (Phi) is 3.91. The van der Waals surface area contributed by atoms with Gasteiger partial charge in [0.1, 0.15) is 4.99 Å². The number of rotatable bonds is 3. The van der Waals surface area contributed by atoms with Gasteiger partial charge in [0.25, 0.3) is 0 Å². The molecule has 2 rings (SSSR count). The lowest BCUT2D eigenvalue weighted by molar-refractivity contribution is 0.0855. The highest BCUT2D eigenvalue weighted by atomic mass is 32.1. The standard InChI is InChI=1S/C12H17N3OS/c1-15(9-4-6-16-7-5-9)10-2-3-11(12(13)17)14-8-10/h2-3,8-9H,4-7H2,1H3,(H2,13,17). The van der Waals surface area contributed by atoms with E-state index in [1.54, 1.807) is 0 Å². The van der Waals surface area contributed by atoms with Crippen LogP contribution < -0.4 is 10.6 Å². The van der Waals surface area contributed by atoms with Crippen LogP contribution in [0.25, 0.3) is 0 Å². The minimum Gasteiger partial charge on any atom is -0.388 e. The second-order valence-electron chi connectivity index (χ2n) is 4.22. The molecule has 1 aliphatic rings. The Morgan fingerprint density at radius 1 is 1.47 bits per heavy atom. The first kappa shape index (κ1) is 12.3. The number of anilines is 1. The number of hydrogen-bond donors (Lipinski definition) is 1. The van der Waals surface area contributed by atoms with E-state index in [9.17, 15) is 0 Å². The summed E-state index contributed by atoms with van der Waals surface area (Å²) in [5.41, 5.74) is 7.29. The van der Waals surface area contributed by atoms with E-state index in [4.69, 9.17) is 22.7 Å². The van der Waals surface area contributed by atoms with Gasteiger partial charge in [-0.15, -0.1) is 0 Å². The fourth-order valence-electron chi connectivity index (χ4n) is 2.02. The third-order valence-corrected chi connectivity index (χ3v) is 3.36. The van der Waals surface area contributed by atoms with E-state index in [2.05, 4.69) is 16.9 Å². The first-order chi connectivity index (χ1) is 8.18. The molecule has 0 saturated carbocycles. The van der Waals surface area contributed by atoms with Crippen LogP contribution in [0.15, 0.2) is 18.3 Å². The van der Waals surface area contributed by atoms with Gasteiger partial charge in [-0.05, 0) is 25.0 Å². The highest BCUT2D eigenvalue weighted by Gasteiger charge is 2.18. The molecule has 0 bridgehead atoms. The van der Waals surface area contributed by atoms with Crippen molar-refractivity contribution < 1.29 is 4.74 Å². The van der Waals surface area contributed by atoms with Crippen molar-refractivity contribution in [3.05, 3.63) is 24.0 Å². The Morgan fingerprint density at radius 3 is 2.71 bits per heavy atom. The van der Waals surface area contributed by atoms with E-state index >= 15 is 0 Å². The van der Waals surface area contributed by atoms with Gasteiger partial charge in [0.15, 0.2) is 0 Å². The van der Waals surface area contributed by atoms with Gasteiger partial charge in [0.05, 0.1) is 17.6 Å². The Bertz CT molecular complexity index is 387. The van der Waals surface area contributed by atoms with Gasteiger partial charge in [-0.2, -0.15) is 0 Å². The number of nitrogens with two attached hydrogens (primary N) is 1. The molecule has 1 aromatic heterocycles. The molecule has 0 unspecified atom stereocenters. The molecule has 0 spiro atoms. The molecule has 0 atom stereocenters. The molecular formula is C12H17N3OS. The molecule has 0 aliphatic carbocycles. The van der Waals surface area contributed by atoms with Crippen molar-refractivity contribution in [2.24, 2.45) is 5.73 Å². The predicted octanol–water partition coefficient (Wildman–Crippen LogP) is 1.33. The molecule has 4 nitrogen and oxygen atoms in total. The molecule has 1 saturated heterocycles. The topological polar surface area (TPSA) is 51.4 Å². The van der Waals surface area contributed by atoms with Crippen LogP contribution in [-0.2, 0) is 4.74 Å². The molecule has 1 aliphatic heterocycles. The Labute approximate surface area is 107 Å². The Balaban J connectivity index is 2.07. The van der Waals surface area contributed by atoms with Crippen molar-refractivity contribution in [3.8, 4) is 0 Å². The van der Waals surface area contributed by atoms with Crippen LogP contribution in [0, 0.1) is 0 Å². The van der Waals surface area contributed by atoms with Crippen LogP contribution in [0.2, 0.25) is 0 Å². The average molecular weight is 251 g/mol. The van der Waals surface area contributed by atoms with Gasteiger partial charge in [-0.25, -0.2) is 0 Å². The normalized spacial score (nSPS) is 16.8. The number of ether oxygens (including phenoxy) is 1. The fraction of sp³-hybridized carbons (Fsp3) is 0.500. The van der Waals surface area contributed by atoms with Crippen LogP contribution in [-0.4, -0.2) is 36.3 Å². The summed E-state index contributed by atoms with van der Waals surface area (Å²) in [5.74, 6) is 0. The fourth-order valence-corrected chi connectivity index (χ4v) is 2.14. The zero-order chi connectivity index (χ0) is 12.3. The lowest BCUT2D eigenvalue weighted by Gasteiger charge is -2.32. The zero-order valence-electron chi connectivity index (χ0n) is 9.93. The van der Waals surface area contributed by atoms with Gasteiger partial charge in [-0.1, -0.05) is 12.2 Å². The van der Waals surface area contributed by atoms with Gasteiger partial charge in [0.2, 0.25) is 0 Å². The maximum Gasteiger partial charge on any atom is 0.122 e. The molecule has 2 N–H and O–H groups in total. The summed E-state index contributed by atoms with van der Waals surface area (Å²) in [6.45, 7) is 1.68. The summed E-state index contributed by atoms with van der Waals surface area (Å²) < 4.78 is 5.36. The van der Waals surface area contributed by atoms with Crippen molar-refractivity contribution in [2.75, 3.05) is 25.2 Å². The molecule has 0 amide bonds. The third-order valence-electron chi connectivity index (χ3n) is 3.15. The Morgan fingerprint density at radius 2 is 2.18 bits per heavy atom. The van der Waals surface area contributed by atoms with E-state index in [0.717, 1.165) is 31.7 Å². The molecule has 5 heteroatoms. The molecule has 1 aromatic rings. The van der Waals surface area contributed by atoms with Gasteiger partial charge < -0.3 is 15.4 Å². The van der Waals surface area contributed by atoms with Gasteiger partial charge >= 0.3 is 0 Å². The summed E-state index contributed by atoms with van der Waals surface area (Å²) in [6, 6.07) is 4.41. The van der Waals surface area contributed by atoms with Crippen molar-refractivity contribution in [1.29, 1.82) is 0 Å². The number of pyridine rings is 1. The summed E-state index contributed by atoms with van der Waals surface area (Å²) in [5, 5.41) is 0. The van der Waals surface area contributed by atoms with E-state index < -0.39 is 0 Å². The second-order valence-corrected chi connectivity index (χ2v) is 4.66. The monoisotopic (exact) mass is 251 g/mol. The largest absolute Gasteiger partial charge is 0.388 e. The predicted molar refractivity (Wildman–Crippen MR) is 72.4 cm³/mol. The Hall–Kier alpha value is -1.20. The number of hydrogen-bond acceptors (Lipinski definition) is 4. The van der Waals surface area contributed by atoms with E-state index in [0.29, 0.717) is 16.7 Å². The van der Waals surface area contributed by atoms with Crippen LogP contribution >= 0.6 is 12.2 Å². The van der Waals surface area contributed by atoms with Gasteiger partial charge in [0, 0.05) is 26.3 Å². The van der Waals surface area contributed by atoms with E-state index in [-0.39, 0.29) is 0 Å². The van der Waals surface area contributed by atoms with E-state index in [1.807, 2.05) is 18.3 Å². The summed E-state index contributed by atoms with van der Waals surface area (Å²) in [4.78, 5) is 6.84. The number of aromatic nitrogens is 1. The first-order valence-corrected chi connectivity index (χ1v) is 6.16. The molecule has 0 aromatic carbocycles. The molecule has 1 fully saturated rings. The van der Waals surface area contributed by atoms with E-state index in [1.165, 1.54) is 0 Å². The SMILES string of the molecule is CN(c1ccc(C(N)=S)nc1)C1CCOCC1. The van der Waals surface area contributed by atoms with Crippen LogP contribution in [0.5, 0.6) is 0 Å². The van der Waals surface area contributed by atoms with Crippen molar-refractivity contribution in [2.45, 2.75) is 18.9 Å². The molecule has 92 valence electrons. The highest BCUT2D eigenvalue weighted by molar-refractivity contribution is 7.80. The van der Waals surface area contributed by atoms with Crippen LogP contribution in [0.4, 0.5) is 5.69 Å². The lowest BCUT2D eigenvalue weighted by atomic mass is 10.1. The smallest absolute Gasteiger partial charge is 0.122 e. The van der Waals surface area contributed by atoms with Crippen LogP contribution in [0.1, 0.15) is 18.5 Å². The van der Waals surface area contributed by atoms with Crippen molar-refractivity contribution in [1.82, 2.24) is 4.98 Å².